The maximum Gasteiger partial charge on any atom is 0.168 e. The van der Waals surface area contributed by atoms with Crippen molar-refractivity contribution in [3.63, 3.8) is 0 Å². The molecule has 3 rings (SSSR count). The Morgan fingerprint density at radius 2 is 2.35 bits per heavy atom. The molecule has 0 amide bonds. The number of morpholine rings is 1. The zero-order valence-corrected chi connectivity index (χ0v) is 9.81. The number of nitriles is 1. The maximum absolute atomic E-state index is 8.96. The molecule has 88 valence electrons. The van der Waals surface area contributed by atoms with Crippen molar-refractivity contribution >= 4 is 5.69 Å². The minimum Gasteiger partial charge on any atom is -0.371 e. The Kier molecular flexibility index (Phi) is 2.26. The number of hydrogen-bond donors (Lipinski definition) is 0. The van der Waals surface area contributed by atoms with Crippen LogP contribution in [0.25, 0.3) is 0 Å². The average Bonchev–Trinajstić information content (AvgIpc) is 3.09. The molecule has 0 radical (unpaired) electrons. The summed E-state index contributed by atoms with van der Waals surface area (Å²) < 4.78 is 5.78. The first-order valence-corrected chi connectivity index (χ1v) is 5.85. The van der Waals surface area contributed by atoms with E-state index in [1.165, 1.54) is 0 Å². The molecule has 0 atom stereocenters. The third-order valence-corrected chi connectivity index (χ3v) is 3.58. The average molecular weight is 230 g/mol. The van der Waals surface area contributed by atoms with Gasteiger partial charge in [0.2, 0.25) is 0 Å². The van der Waals surface area contributed by atoms with Gasteiger partial charge in [-0.05, 0) is 19.8 Å². The van der Waals surface area contributed by atoms with E-state index in [9.17, 15) is 0 Å². The molecule has 2 heterocycles. The van der Waals surface area contributed by atoms with E-state index in [4.69, 9.17) is 10.00 Å². The Morgan fingerprint density at radius 3 is 3.06 bits per heavy atom. The van der Waals surface area contributed by atoms with Gasteiger partial charge in [0.25, 0.3) is 0 Å². The third kappa shape index (κ3) is 1.75. The van der Waals surface area contributed by atoms with Crippen molar-refractivity contribution in [3.05, 3.63) is 17.5 Å². The van der Waals surface area contributed by atoms with E-state index >= 15 is 0 Å². The van der Waals surface area contributed by atoms with E-state index < -0.39 is 0 Å². The Hall–Kier alpha value is -1.67. The molecule has 1 saturated heterocycles. The fourth-order valence-electron chi connectivity index (χ4n) is 2.35. The molecule has 2 fully saturated rings. The van der Waals surface area contributed by atoms with E-state index in [2.05, 4.69) is 21.2 Å². The molecule has 1 aromatic rings. The summed E-state index contributed by atoms with van der Waals surface area (Å²) in [4.78, 5) is 2.27. The normalized spacial score (nSPS) is 21.3. The molecule has 17 heavy (non-hydrogen) atoms. The van der Waals surface area contributed by atoms with Crippen molar-refractivity contribution in [3.8, 4) is 6.07 Å². The molecule has 5 nitrogen and oxygen atoms in total. The molecular weight excluding hydrogens is 216 g/mol. The first-order valence-electron chi connectivity index (χ1n) is 5.85. The third-order valence-electron chi connectivity index (χ3n) is 3.58. The van der Waals surface area contributed by atoms with Crippen LogP contribution in [0.5, 0.6) is 0 Å². The zero-order chi connectivity index (χ0) is 11.9. The molecule has 0 unspecified atom stereocenters. The van der Waals surface area contributed by atoms with Crippen molar-refractivity contribution in [1.82, 2.24) is 10.2 Å². The number of anilines is 1. The highest BCUT2D eigenvalue weighted by Gasteiger charge is 2.47. The van der Waals surface area contributed by atoms with Crippen LogP contribution in [0.15, 0.2) is 6.20 Å². The van der Waals surface area contributed by atoms with Gasteiger partial charge in [-0.15, -0.1) is 5.10 Å². The van der Waals surface area contributed by atoms with E-state index in [1.54, 1.807) is 6.20 Å². The van der Waals surface area contributed by atoms with Gasteiger partial charge in [-0.2, -0.15) is 10.4 Å². The van der Waals surface area contributed by atoms with Crippen molar-refractivity contribution in [1.29, 1.82) is 5.26 Å². The molecule has 2 aliphatic rings. The van der Waals surface area contributed by atoms with Gasteiger partial charge in [0.15, 0.2) is 5.69 Å². The highest BCUT2D eigenvalue weighted by Crippen LogP contribution is 2.43. The number of ether oxygens (including phenoxy) is 1. The SMILES string of the molecule is Cc1c(N2CCOC3(CC3)C2)cnnc1C#N. The van der Waals surface area contributed by atoms with Crippen molar-refractivity contribution in [2.24, 2.45) is 0 Å². The van der Waals surface area contributed by atoms with Crippen LogP contribution in [0.2, 0.25) is 0 Å². The van der Waals surface area contributed by atoms with Gasteiger partial charge in [0, 0.05) is 18.7 Å². The van der Waals surface area contributed by atoms with Gasteiger partial charge >= 0.3 is 0 Å². The van der Waals surface area contributed by atoms with Gasteiger partial charge in [-0.3, -0.25) is 0 Å². The quantitative estimate of drug-likeness (QED) is 0.721. The van der Waals surface area contributed by atoms with Crippen LogP contribution in [0.4, 0.5) is 5.69 Å². The van der Waals surface area contributed by atoms with Crippen LogP contribution in [-0.4, -0.2) is 35.5 Å². The number of nitrogens with zero attached hydrogens (tertiary/aromatic N) is 4. The summed E-state index contributed by atoms with van der Waals surface area (Å²) in [6.45, 7) is 4.45. The van der Waals surface area contributed by atoms with Crippen LogP contribution in [0.3, 0.4) is 0 Å². The Bertz CT molecular complexity index is 490. The van der Waals surface area contributed by atoms with E-state index in [-0.39, 0.29) is 5.60 Å². The fourth-order valence-corrected chi connectivity index (χ4v) is 2.35. The fraction of sp³-hybridized carbons (Fsp3) is 0.583. The standard InChI is InChI=1S/C12H14N4O/c1-9-10(6-13)15-14-7-11(9)16-4-5-17-12(8-16)2-3-12/h7H,2-5,8H2,1H3. The highest BCUT2D eigenvalue weighted by molar-refractivity contribution is 5.55. The maximum atomic E-state index is 8.96. The molecule has 0 bridgehead atoms. The number of hydrogen-bond acceptors (Lipinski definition) is 5. The van der Waals surface area contributed by atoms with Crippen LogP contribution in [0.1, 0.15) is 24.1 Å². The van der Waals surface area contributed by atoms with Crippen LogP contribution in [0, 0.1) is 18.3 Å². The summed E-state index contributed by atoms with van der Waals surface area (Å²) in [6.07, 6.45) is 4.04. The summed E-state index contributed by atoms with van der Waals surface area (Å²) in [6, 6.07) is 2.08. The summed E-state index contributed by atoms with van der Waals surface area (Å²) >= 11 is 0. The van der Waals surface area contributed by atoms with Gasteiger partial charge in [0.1, 0.15) is 6.07 Å². The van der Waals surface area contributed by atoms with Gasteiger partial charge in [-0.1, -0.05) is 0 Å². The van der Waals surface area contributed by atoms with Gasteiger partial charge in [-0.25, -0.2) is 0 Å². The van der Waals surface area contributed by atoms with Crippen LogP contribution >= 0.6 is 0 Å². The lowest BCUT2D eigenvalue weighted by Gasteiger charge is -2.35. The Balaban J connectivity index is 1.91. The lowest BCUT2D eigenvalue weighted by Crippen LogP contribution is -2.44. The molecule has 1 spiro atoms. The van der Waals surface area contributed by atoms with Crippen molar-refractivity contribution in [2.45, 2.75) is 25.4 Å². The highest BCUT2D eigenvalue weighted by atomic mass is 16.5. The second-order valence-corrected chi connectivity index (χ2v) is 4.77. The molecule has 0 aromatic carbocycles. The number of aromatic nitrogens is 2. The molecule has 1 saturated carbocycles. The lowest BCUT2D eigenvalue weighted by atomic mass is 10.1. The van der Waals surface area contributed by atoms with E-state index in [1.807, 2.05) is 6.92 Å². The molecule has 1 aromatic heterocycles. The Labute approximate surface area is 100 Å². The topological polar surface area (TPSA) is 62.0 Å². The van der Waals surface area contributed by atoms with Crippen molar-refractivity contribution in [2.75, 3.05) is 24.6 Å². The predicted molar refractivity (Wildman–Crippen MR) is 61.6 cm³/mol. The van der Waals surface area contributed by atoms with Crippen LogP contribution < -0.4 is 4.90 Å². The second-order valence-electron chi connectivity index (χ2n) is 4.77. The zero-order valence-electron chi connectivity index (χ0n) is 9.81. The van der Waals surface area contributed by atoms with Crippen molar-refractivity contribution < 1.29 is 4.74 Å². The summed E-state index contributed by atoms with van der Waals surface area (Å²) in [5.41, 5.74) is 2.44. The van der Waals surface area contributed by atoms with Crippen LogP contribution in [-0.2, 0) is 4.74 Å². The summed E-state index contributed by atoms with van der Waals surface area (Å²) in [5, 5.41) is 16.7. The minimum atomic E-state index is 0.0841. The molecule has 5 heteroatoms. The lowest BCUT2D eigenvalue weighted by molar-refractivity contribution is 0.0205. The monoisotopic (exact) mass is 230 g/mol. The first kappa shape index (κ1) is 10.5. The molecule has 1 aliphatic heterocycles. The smallest absolute Gasteiger partial charge is 0.168 e. The minimum absolute atomic E-state index is 0.0841. The van der Waals surface area contributed by atoms with E-state index in [0.29, 0.717) is 5.69 Å². The number of rotatable bonds is 1. The summed E-state index contributed by atoms with van der Waals surface area (Å²) in [5.74, 6) is 0. The largest absolute Gasteiger partial charge is 0.371 e. The molecular formula is C12H14N4O. The summed E-state index contributed by atoms with van der Waals surface area (Å²) in [7, 11) is 0. The van der Waals surface area contributed by atoms with E-state index in [0.717, 1.165) is 43.8 Å². The Morgan fingerprint density at radius 1 is 1.53 bits per heavy atom. The molecule has 1 aliphatic carbocycles. The second kappa shape index (κ2) is 3.67. The van der Waals surface area contributed by atoms with Gasteiger partial charge in [0.05, 0.1) is 24.1 Å². The predicted octanol–water partition coefficient (Wildman–Crippen LogP) is 1.03. The molecule has 0 N–H and O–H groups in total. The first-order chi connectivity index (χ1) is 8.24. The van der Waals surface area contributed by atoms with Gasteiger partial charge < -0.3 is 9.64 Å².